The average Bonchev–Trinajstić information content (AvgIpc) is 3.20. The number of rotatable bonds is 7. The molecular weight excluding hydrogens is 318 g/mol. The van der Waals surface area contributed by atoms with Crippen molar-refractivity contribution in [3.05, 3.63) is 84.1 Å². The molecule has 1 amide bonds. The average molecular weight is 337 g/mol. The van der Waals surface area contributed by atoms with E-state index >= 15 is 0 Å². The normalized spacial score (nSPS) is 11.7. The Labute approximate surface area is 145 Å². The molecule has 25 heavy (non-hydrogen) atoms. The maximum Gasteiger partial charge on any atom is 0.408 e. The van der Waals surface area contributed by atoms with Crippen LogP contribution in [-0.4, -0.2) is 16.3 Å². The fourth-order valence-electron chi connectivity index (χ4n) is 2.45. The number of aromatic nitrogens is 2. The molecule has 0 spiro atoms. The molecule has 0 bridgehead atoms. The van der Waals surface area contributed by atoms with E-state index in [0.29, 0.717) is 12.3 Å². The van der Waals surface area contributed by atoms with Crippen LogP contribution in [0.1, 0.15) is 29.5 Å². The number of alkyl carbamates (subject to hydrolysis) is 1. The Morgan fingerprint density at radius 2 is 1.72 bits per heavy atom. The van der Waals surface area contributed by atoms with E-state index in [9.17, 15) is 4.79 Å². The van der Waals surface area contributed by atoms with E-state index in [-0.39, 0.29) is 6.61 Å². The fraction of sp³-hybridized carbons (Fsp3) is 0.211. The summed E-state index contributed by atoms with van der Waals surface area (Å²) in [6.07, 6.45) is 2.14. The molecule has 128 valence electrons. The standard InChI is InChI=1S/C19H19N3O3/c23-19(24-13-16-9-5-2-6-10-16)21-17(18-22-20-14-25-18)12-11-15-7-3-1-4-8-15/h1-10,14,17H,11-13H2,(H,21,23). The quantitative estimate of drug-likeness (QED) is 0.712. The third-order valence-electron chi connectivity index (χ3n) is 3.74. The van der Waals surface area contributed by atoms with Crippen LogP contribution in [0.3, 0.4) is 0 Å². The van der Waals surface area contributed by atoms with Gasteiger partial charge in [-0.25, -0.2) is 4.79 Å². The smallest absolute Gasteiger partial charge is 0.408 e. The SMILES string of the molecule is O=C(NC(CCc1ccccc1)c1nnco1)OCc1ccccc1. The number of nitrogens with zero attached hydrogens (tertiary/aromatic N) is 2. The Morgan fingerprint density at radius 3 is 2.36 bits per heavy atom. The van der Waals surface area contributed by atoms with Crippen molar-refractivity contribution in [2.24, 2.45) is 0 Å². The number of carbonyl (C=O) groups is 1. The second-order valence-electron chi connectivity index (χ2n) is 5.56. The van der Waals surface area contributed by atoms with Gasteiger partial charge in [0.2, 0.25) is 12.3 Å². The second-order valence-corrected chi connectivity index (χ2v) is 5.56. The van der Waals surface area contributed by atoms with Gasteiger partial charge in [-0.3, -0.25) is 0 Å². The zero-order valence-corrected chi connectivity index (χ0v) is 13.7. The number of hydrogen-bond donors (Lipinski definition) is 1. The highest BCUT2D eigenvalue weighted by molar-refractivity contribution is 5.67. The number of hydrogen-bond acceptors (Lipinski definition) is 5. The topological polar surface area (TPSA) is 77.3 Å². The lowest BCUT2D eigenvalue weighted by Crippen LogP contribution is -2.29. The summed E-state index contributed by atoms with van der Waals surface area (Å²) in [5.74, 6) is 0.368. The molecule has 0 saturated heterocycles. The monoisotopic (exact) mass is 337 g/mol. The zero-order valence-electron chi connectivity index (χ0n) is 13.7. The number of ether oxygens (including phenoxy) is 1. The van der Waals surface area contributed by atoms with Crippen molar-refractivity contribution in [2.75, 3.05) is 0 Å². The summed E-state index contributed by atoms with van der Waals surface area (Å²) in [5.41, 5.74) is 2.10. The van der Waals surface area contributed by atoms with Crippen LogP contribution < -0.4 is 5.32 Å². The molecule has 0 aliphatic rings. The van der Waals surface area contributed by atoms with Gasteiger partial charge in [-0.2, -0.15) is 0 Å². The lowest BCUT2D eigenvalue weighted by molar-refractivity contribution is 0.133. The highest BCUT2D eigenvalue weighted by Crippen LogP contribution is 2.17. The van der Waals surface area contributed by atoms with Crippen LogP contribution in [0.2, 0.25) is 0 Å². The molecule has 1 N–H and O–H groups in total. The van der Waals surface area contributed by atoms with Gasteiger partial charge in [0.25, 0.3) is 0 Å². The zero-order chi connectivity index (χ0) is 17.3. The van der Waals surface area contributed by atoms with Crippen LogP contribution in [0.15, 0.2) is 71.5 Å². The minimum absolute atomic E-state index is 0.210. The van der Waals surface area contributed by atoms with Crippen molar-refractivity contribution in [1.29, 1.82) is 0 Å². The van der Waals surface area contributed by atoms with Crippen LogP contribution in [0.25, 0.3) is 0 Å². The number of nitrogens with one attached hydrogen (secondary N) is 1. The summed E-state index contributed by atoms with van der Waals surface area (Å²) in [6, 6.07) is 19.1. The first-order chi connectivity index (χ1) is 12.3. The van der Waals surface area contributed by atoms with Gasteiger partial charge in [0.1, 0.15) is 12.6 Å². The van der Waals surface area contributed by atoms with E-state index in [2.05, 4.69) is 15.5 Å². The Morgan fingerprint density at radius 1 is 1.04 bits per heavy atom. The van der Waals surface area contributed by atoms with Crippen LogP contribution in [0, 0.1) is 0 Å². The maximum atomic E-state index is 12.1. The second kappa shape index (κ2) is 8.63. The first kappa shape index (κ1) is 16.7. The molecule has 1 unspecified atom stereocenters. The molecule has 1 atom stereocenters. The van der Waals surface area contributed by atoms with Gasteiger partial charge in [0.05, 0.1) is 0 Å². The highest BCUT2D eigenvalue weighted by Gasteiger charge is 2.20. The number of benzene rings is 2. The molecule has 3 rings (SSSR count). The summed E-state index contributed by atoms with van der Waals surface area (Å²) in [6.45, 7) is 0.210. The summed E-state index contributed by atoms with van der Waals surface area (Å²) in [5, 5.41) is 10.4. The van der Waals surface area contributed by atoms with Crippen molar-refractivity contribution < 1.29 is 13.9 Å². The van der Waals surface area contributed by atoms with E-state index in [1.165, 1.54) is 12.0 Å². The number of aryl methyl sites for hydroxylation is 1. The summed E-state index contributed by atoms with van der Waals surface area (Å²) >= 11 is 0. The molecule has 0 radical (unpaired) electrons. The van der Waals surface area contributed by atoms with E-state index < -0.39 is 12.1 Å². The number of carbonyl (C=O) groups excluding carboxylic acids is 1. The molecule has 0 aliphatic heterocycles. The minimum atomic E-state index is -0.514. The first-order valence-corrected chi connectivity index (χ1v) is 8.08. The molecule has 6 heteroatoms. The Kier molecular flexibility index (Phi) is 5.77. The molecule has 1 heterocycles. The van der Waals surface area contributed by atoms with Gasteiger partial charge in [0, 0.05) is 0 Å². The maximum absolute atomic E-state index is 12.1. The van der Waals surface area contributed by atoms with E-state index in [1.807, 2.05) is 60.7 Å². The van der Waals surface area contributed by atoms with Gasteiger partial charge >= 0.3 is 6.09 Å². The predicted molar refractivity (Wildman–Crippen MR) is 91.6 cm³/mol. The van der Waals surface area contributed by atoms with Gasteiger partial charge in [-0.1, -0.05) is 60.7 Å². The molecule has 0 saturated carbocycles. The third-order valence-corrected chi connectivity index (χ3v) is 3.74. The summed E-state index contributed by atoms with van der Waals surface area (Å²) in [4.78, 5) is 12.1. The van der Waals surface area contributed by atoms with Crippen molar-refractivity contribution >= 4 is 6.09 Å². The Hall–Kier alpha value is -3.15. The highest BCUT2D eigenvalue weighted by atomic mass is 16.5. The molecule has 2 aromatic carbocycles. The lowest BCUT2D eigenvalue weighted by Gasteiger charge is -2.15. The van der Waals surface area contributed by atoms with Crippen LogP contribution >= 0.6 is 0 Å². The molecular formula is C19H19N3O3. The van der Waals surface area contributed by atoms with Gasteiger partial charge < -0.3 is 14.5 Å². The molecule has 1 aromatic heterocycles. The first-order valence-electron chi connectivity index (χ1n) is 8.08. The van der Waals surface area contributed by atoms with Crippen molar-refractivity contribution in [3.63, 3.8) is 0 Å². The Balaban J connectivity index is 1.57. The molecule has 0 aliphatic carbocycles. The molecule has 3 aromatic rings. The van der Waals surface area contributed by atoms with Crippen molar-refractivity contribution in [1.82, 2.24) is 15.5 Å². The van der Waals surface area contributed by atoms with Gasteiger partial charge in [-0.15, -0.1) is 10.2 Å². The van der Waals surface area contributed by atoms with Crippen LogP contribution in [0.4, 0.5) is 4.79 Å². The van der Waals surface area contributed by atoms with Crippen LogP contribution in [-0.2, 0) is 17.8 Å². The van der Waals surface area contributed by atoms with Crippen LogP contribution in [0.5, 0.6) is 0 Å². The number of amides is 1. The molecule has 6 nitrogen and oxygen atoms in total. The van der Waals surface area contributed by atoms with Gasteiger partial charge in [-0.05, 0) is 24.0 Å². The predicted octanol–water partition coefficient (Wildman–Crippen LogP) is 3.67. The molecule has 0 fully saturated rings. The van der Waals surface area contributed by atoms with Gasteiger partial charge in [0.15, 0.2) is 0 Å². The minimum Gasteiger partial charge on any atom is -0.445 e. The summed E-state index contributed by atoms with van der Waals surface area (Å²) in [7, 11) is 0. The van der Waals surface area contributed by atoms with E-state index in [1.54, 1.807) is 0 Å². The van der Waals surface area contributed by atoms with Crippen molar-refractivity contribution in [2.45, 2.75) is 25.5 Å². The third kappa shape index (κ3) is 5.17. The summed E-state index contributed by atoms with van der Waals surface area (Å²) < 4.78 is 10.5. The Bertz CT molecular complexity index is 761. The fourth-order valence-corrected chi connectivity index (χ4v) is 2.45. The van der Waals surface area contributed by atoms with E-state index in [0.717, 1.165) is 12.0 Å². The van der Waals surface area contributed by atoms with E-state index in [4.69, 9.17) is 9.15 Å². The van der Waals surface area contributed by atoms with Crippen molar-refractivity contribution in [3.8, 4) is 0 Å². The largest absolute Gasteiger partial charge is 0.445 e. The lowest BCUT2D eigenvalue weighted by atomic mass is 10.1.